The van der Waals surface area contributed by atoms with Crippen LogP contribution in [0.3, 0.4) is 0 Å². The fourth-order valence-electron chi connectivity index (χ4n) is 2.09. The summed E-state index contributed by atoms with van der Waals surface area (Å²) in [6, 6.07) is 8.16. The maximum atomic E-state index is 5.88. The number of nitrogens with two attached hydrogens (primary N) is 1. The van der Waals surface area contributed by atoms with E-state index in [1.54, 1.807) is 6.20 Å². The molecule has 2 aromatic rings. The molecule has 0 unspecified atom stereocenters. The number of aliphatic imine (C=N–C) groups is 1. The van der Waals surface area contributed by atoms with E-state index in [9.17, 15) is 0 Å². The third-order valence-electron chi connectivity index (χ3n) is 3.54. The van der Waals surface area contributed by atoms with Gasteiger partial charge in [0.25, 0.3) is 0 Å². The number of nitrogens with zero attached hydrogens (tertiary/aromatic N) is 2. The van der Waals surface area contributed by atoms with Crippen LogP contribution >= 0.6 is 0 Å². The molecule has 1 heterocycles. The molecule has 0 aliphatic heterocycles. The summed E-state index contributed by atoms with van der Waals surface area (Å²) >= 11 is 0. The van der Waals surface area contributed by atoms with Crippen LogP contribution in [0.5, 0.6) is 0 Å². The number of oxazole rings is 1. The first-order valence-corrected chi connectivity index (χ1v) is 7.35. The number of aryl methyl sites for hydroxylation is 1. The van der Waals surface area contributed by atoms with Crippen LogP contribution in [0.1, 0.15) is 42.9 Å². The molecule has 5 nitrogen and oxygen atoms in total. The molecule has 1 saturated carbocycles. The number of benzene rings is 1. The van der Waals surface area contributed by atoms with Gasteiger partial charge in [-0.3, -0.25) is 0 Å². The summed E-state index contributed by atoms with van der Waals surface area (Å²) in [5, 5.41) is 3.07. The predicted octanol–water partition coefficient (Wildman–Crippen LogP) is 3.04. The highest BCUT2D eigenvalue weighted by molar-refractivity contribution is 5.92. The Hall–Kier alpha value is -2.30. The van der Waals surface area contributed by atoms with Crippen molar-refractivity contribution in [3.63, 3.8) is 0 Å². The average molecular weight is 284 g/mol. The van der Waals surface area contributed by atoms with Crippen molar-refractivity contribution < 1.29 is 4.42 Å². The Balaban J connectivity index is 1.56. The van der Waals surface area contributed by atoms with Crippen LogP contribution in [-0.2, 0) is 13.0 Å². The van der Waals surface area contributed by atoms with Crippen molar-refractivity contribution in [2.45, 2.75) is 38.6 Å². The van der Waals surface area contributed by atoms with Crippen LogP contribution in [-0.4, -0.2) is 10.9 Å². The first kappa shape index (κ1) is 13.7. The van der Waals surface area contributed by atoms with Gasteiger partial charge in [-0.15, -0.1) is 0 Å². The molecule has 1 fully saturated rings. The molecule has 0 bridgehead atoms. The fourth-order valence-corrected chi connectivity index (χ4v) is 2.09. The van der Waals surface area contributed by atoms with Crippen molar-refractivity contribution >= 4 is 11.6 Å². The first-order chi connectivity index (χ1) is 10.2. The summed E-state index contributed by atoms with van der Waals surface area (Å²) in [6.07, 6.45) is 5.13. The van der Waals surface area contributed by atoms with Gasteiger partial charge in [0, 0.05) is 11.6 Å². The van der Waals surface area contributed by atoms with Gasteiger partial charge in [0.2, 0.25) is 0 Å². The molecule has 1 aliphatic rings. The van der Waals surface area contributed by atoms with E-state index in [-0.39, 0.29) is 0 Å². The Kier molecular flexibility index (Phi) is 3.90. The second-order valence-corrected chi connectivity index (χ2v) is 5.32. The minimum absolute atomic E-state index is 0.378. The zero-order valence-electron chi connectivity index (χ0n) is 12.2. The monoisotopic (exact) mass is 284 g/mol. The minimum Gasteiger partial charge on any atom is -0.443 e. The largest absolute Gasteiger partial charge is 0.443 e. The fraction of sp³-hybridized carbons (Fsp3) is 0.375. The molecule has 0 saturated heterocycles. The lowest BCUT2D eigenvalue weighted by molar-refractivity contribution is 0.458. The number of anilines is 1. The van der Waals surface area contributed by atoms with E-state index < -0.39 is 0 Å². The highest BCUT2D eigenvalue weighted by Crippen LogP contribution is 2.39. The van der Waals surface area contributed by atoms with Crippen LogP contribution in [0.15, 0.2) is 39.9 Å². The maximum absolute atomic E-state index is 5.88. The molecule has 110 valence electrons. The second-order valence-electron chi connectivity index (χ2n) is 5.32. The quantitative estimate of drug-likeness (QED) is 0.653. The average Bonchev–Trinajstić information content (AvgIpc) is 3.25. The SMILES string of the molecule is CCc1ccc(NC(N)=NCc2cnc(C3CC3)o2)cc1. The van der Waals surface area contributed by atoms with E-state index in [1.165, 1.54) is 18.4 Å². The molecular formula is C16H20N4O. The van der Waals surface area contributed by atoms with Crippen LogP contribution in [0.4, 0.5) is 5.69 Å². The van der Waals surface area contributed by atoms with E-state index in [2.05, 4.69) is 34.3 Å². The van der Waals surface area contributed by atoms with Gasteiger partial charge in [0.05, 0.1) is 6.20 Å². The zero-order chi connectivity index (χ0) is 14.7. The minimum atomic E-state index is 0.378. The molecule has 5 heteroatoms. The summed E-state index contributed by atoms with van der Waals surface area (Å²) in [4.78, 5) is 8.54. The van der Waals surface area contributed by atoms with Gasteiger partial charge in [-0.2, -0.15) is 0 Å². The van der Waals surface area contributed by atoms with Crippen LogP contribution in [0.2, 0.25) is 0 Å². The topological polar surface area (TPSA) is 76.4 Å². The highest BCUT2D eigenvalue weighted by Gasteiger charge is 2.28. The van der Waals surface area contributed by atoms with Gasteiger partial charge in [-0.05, 0) is 37.0 Å². The molecule has 1 aromatic carbocycles. The number of aromatic nitrogens is 1. The van der Waals surface area contributed by atoms with E-state index in [0.717, 1.165) is 23.8 Å². The summed E-state index contributed by atoms with van der Waals surface area (Å²) in [6.45, 7) is 2.54. The standard InChI is InChI=1S/C16H20N4O/c1-2-11-3-7-13(8-4-11)20-16(17)19-10-14-9-18-15(21-14)12-5-6-12/h3-4,7-9,12H,2,5-6,10H2,1H3,(H3,17,19,20). The molecule has 1 aromatic heterocycles. The van der Waals surface area contributed by atoms with Crippen molar-refractivity contribution in [3.8, 4) is 0 Å². The van der Waals surface area contributed by atoms with Crippen molar-refractivity contribution in [3.05, 3.63) is 47.7 Å². The smallest absolute Gasteiger partial charge is 0.197 e. The Morgan fingerprint density at radius 2 is 2.14 bits per heavy atom. The van der Waals surface area contributed by atoms with Crippen molar-refractivity contribution in [2.75, 3.05) is 5.32 Å². The third kappa shape index (κ3) is 3.62. The van der Waals surface area contributed by atoms with E-state index in [4.69, 9.17) is 10.2 Å². The molecular weight excluding hydrogens is 264 g/mol. The predicted molar refractivity (Wildman–Crippen MR) is 83.2 cm³/mol. The number of guanidine groups is 1. The lowest BCUT2D eigenvalue weighted by Crippen LogP contribution is -2.22. The number of hydrogen-bond acceptors (Lipinski definition) is 3. The zero-order valence-corrected chi connectivity index (χ0v) is 12.2. The third-order valence-corrected chi connectivity index (χ3v) is 3.54. The molecule has 0 amide bonds. The summed E-state index contributed by atoms with van der Waals surface area (Å²) in [7, 11) is 0. The lowest BCUT2D eigenvalue weighted by atomic mass is 10.1. The summed E-state index contributed by atoms with van der Waals surface area (Å²) in [5.41, 5.74) is 8.11. The second kappa shape index (κ2) is 5.99. The molecule has 0 atom stereocenters. The van der Waals surface area contributed by atoms with Crippen LogP contribution in [0.25, 0.3) is 0 Å². The lowest BCUT2D eigenvalue weighted by Gasteiger charge is -2.05. The van der Waals surface area contributed by atoms with E-state index in [0.29, 0.717) is 18.4 Å². The highest BCUT2D eigenvalue weighted by atomic mass is 16.4. The van der Waals surface area contributed by atoms with Gasteiger partial charge in [0.1, 0.15) is 12.3 Å². The number of rotatable bonds is 5. The molecule has 1 aliphatic carbocycles. The van der Waals surface area contributed by atoms with E-state index in [1.807, 2.05) is 12.1 Å². The van der Waals surface area contributed by atoms with Crippen molar-refractivity contribution in [1.29, 1.82) is 0 Å². The van der Waals surface area contributed by atoms with Gasteiger partial charge in [-0.1, -0.05) is 19.1 Å². The molecule has 0 spiro atoms. The van der Waals surface area contributed by atoms with E-state index >= 15 is 0 Å². The first-order valence-electron chi connectivity index (χ1n) is 7.35. The van der Waals surface area contributed by atoms with Gasteiger partial charge in [0.15, 0.2) is 11.9 Å². The number of nitrogens with one attached hydrogen (secondary N) is 1. The summed E-state index contributed by atoms with van der Waals surface area (Å²) < 4.78 is 5.64. The van der Waals surface area contributed by atoms with Gasteiger partial charge < -0.3 is 15.5 Å². The van der Waals surface area contributed by atoms with Crippen molar-refractivity contribution in [1.82, 2.24) is 4.98 Å². The Bertz CT molecular complexity index is 626. The van der Waals surface area contributed by atoms with Gasteiger partial charge >= 0.3 is 0 Å². The normalized spacial score (nSPS) is 15.2. The van der Waals surface area contributed by atoms with Crippen molar-refractivity contribution in [2.24, 2.45) is 10.7 Å². The van der Waals surface area contributed by atoms with Crippen LogP contribution in [0, 0.1) is 0 Å². The Morgan fingerprint density at radius 3 is 2.81 bits per heavy atom. The Labute approximate surface area is 124 Å². The molecule has 3 rings (SSSR count). The van der Waals surface area contributed by atoms with Crippen LogP contribution < -0.4 is 11.1 Å². The maximum Gasteiger partial charge on any atom is 0.197 e. The Morgan fingerprint density at radius 1 is 1.38 bits per heavy atom. The van der Waals surface area contributed by atoms with Gasteiger partial charge in [-0.25, -0.2) is 9.98 Å². The molecule has 21 heavy (non-hydrogen) atoms. The number of hydrogen-bond donors (Lipinski definition) is 2. The molecule has 0 radical (unpaired) electrons. The summed E-state index contributed by atoms with van der Waals surface area (Å²) in [5.74, 6) is 2.49. The molecule has 3 N–H and O–H groups in total.